The summed E-state index contributed by atoms with van der Waals surface area (Å²) in [5, 5.41) is 4.53. The van der Waals surface area contributed by atoms with Gasteiger partial charge in [0.05, 0.1) is 11.6 Å². The molecular weight excluding hydrogens is 258 g/mol. The molecule has 0 saturated carbocycles. The highest BCUT2D eigenvalue weighted by Gasteiger charge is 2.22. The van der Waals surface area contributed by atoms with Gasteiger partial charge in [0.15, 0.2) is 0 Å². The van der Waals surface area contributed by atoms with Crippen molar-refractivity contribution in [1.82, 2.24) is 9.78 Å². The zero-order valence-electron chi connectivity index (χ0n) is 12.5. The van der Waals surface area contributed by atoms with Gasteiger partial charge in [-0.15, -0.1) is 11.6 Å². The van der Waals surface area contributed by atoms with Gasteiger partial charge in [-0.1, -0.05) is 19.8 Å². The lowest BCUT2D eigenvalue weighted by atomic mass is 9.96. The maximum absolute atomic E-state index is 6.11. The largest absolute Gasteiger partial charge is 0.357 e. The molecule has 0 N–H and O–H groups in total. The van der Waals surface area contributed by atoms with Gasteiger partial charge < -0.3 is 4.90 Å². The molecule has 2 heterocycles. The van der Waals surface area contributed by atoms with Crippen LogP contribution in [0, 0.1) is 12.8 Å². The third kappa shape index (κ3) is 3.25. The van der Waals surface area contributed by atoms with Gasteiger partial charge in [-0.3, -0.25) is 4.68 Å². The molecule has 1 aliphatic heterocycles. The van der Waals surface area contributed by atoms with Crippen LogP contribution in [0.4, 0.5) is 5.82 Å². The molecule has 108 valence electrons. The first-order valence-corrected chi connectivity index (χ1v) is 8.04. The summed E-state index contributed by atoms with van der Waals surface area (Å²) in [6, 6.07) is 0. The van der Waals surface area contributed by atoms with E-state index in [1.807, 2.05) is 11.7 Å². The molecule has 1 aliphatic rings. The third-order valence-corrected chi connectivity index (χ3v) is 4.56. The van der Waals surface area contributed by atoms with Gasteiger partial charge in [0.1, 0.15) is 5.82 Å². The van der Waals surface area contributed by atoms with E-state index in [2.05, 4.69) is 23.8 Å². The maximum Gasteiger partial charge on any atom is 0.131 e. The molecule has 0 aromatic carbocycles. The van der Waals surface area contributed by atoms with E-state index in [0.29, 0.717) is 5.88 Å². The van der Waals surface area contributed by atoms with Crippen LogP contribution in [0.5, 0.6) is 0 Å². The van der Waals surface area contributed by atoms with Crippen LogP contribution in [0.3, 0.4) is 0 Å². The van der Waals surface area contributed by atoms with Gasteiger partial charge >= 0.3 is 0 Å². The Bertz CT molecular complexity index is 414. The second-order valence-corrected chi connectivity index (χ2v) is 5.98. The summed E-state index contributed by atoms with van der Waals surface area (Å²) in [5.41, 5.74) is 2.28. The molecule has 1 aromatic rings. The Hall–Kier alpha value is -0.700. The lowest BCUT2D eigenvalue weighted by Crippen LogP contribution is -2.27. The molecule has 4 heteroatoms. The summed E-state index contributed by atoms with van der Waals surface area (Å²) >= 11 is 6.11. The normalized spacial score (nSPS) is 20.6. The van der Waals surface area contributed by atoms with Crippen LogP contribution in [0.1, 0.15) is 50.3 Å². The molecule has 1 aromatic heterocycles. The molecule has 0 bridgehead atoms. The fraction of sp³-hybridized carbons (Fsp3) is 0.800. The predicted octanol–water partition coefficient (Wildman–Crippen LogP) is 3.87. The average molecular weight is 284 g/mol. The Labute approximate surface area is 121 Å². The van der Waals surface area contributed by atoms with Crippen LogP contribution in [0.15, 0.2) is 0 Å². The number of hydrogen-bond donors (Lipinski definition) is 0. The number of aryl methyl sites for hydroxylation is 2. The minimum Gasteiger partial charge on any atom is -0.357 e. The highest BCUT2D eigenvalue weighted by Crippen LogP contribution is 2.29. The first-order valence-electron chi connectivity index (χ1n) is 7.50. The molecule has 1 fully saturated rings. The summed E-state index contributed by atoms with van der Waals surface area (Å²) in [6.45, 7) is 6.63. The van der Waals surface area contributed by atoms with E-state index in [-0.39, 0.29) is 0 Å². The van der Waals surface area contributed by atoms with Crippen molar-refractivity contribution in [3.8, 4) is 0 Å². The summed E-state index contributed by atoms with van der Waals surface area (Å²) in [5.74, 6) is 2.71. The fourth-order valence-electron chi connectivity index (χ4n) is 3.32. The highest BCUT2D eigenvalue weighted by molar-refractivity contribution is 6.17. The van der Waals surface area contributed by atoms with Gasteiger partial charge in [-0.25, -0.2) is 0 Å². The molecule has 1 unspecified atom stereocenters. The van der Waals surface area contributed by atoms with Crippen molar-refractivity contribution in [2.45, 2.75) is 51.8 Å². The van der Waals surface area contributed by atoms with E-state index >= 15 is 0 Å². The van der Waals surface area contributed by atoms with E-state index < -0.39 is 0 Å². The van der Waals surface area contributed by atoms with Crippen LogP contribution < -0.4 is 4.90 Å². The lowest BCUT2D eigenvalue weighted by molar-refractivity contribution is 0.435. The van der Waals surface area contributed by atoms with Crippen molar-refractivity contribution in [3.63, 3.8) is 0 Å². The standard InChI is InChI=1S/C15H26ClN3/c1-4-6-13-7-5-9-19(10-8-13)15-14(11-16)12(2)17-18(15)3/h13H,4-11H2,1-3H3. The lowest BCUT2D eigenvalue weighted by Gasteiger charge is -2.24. The van der Waals surface area contributed by atoms with Crippen molar-refractivity contribution in [2.24, 2.45) is 13.0 Å². The Morgan fingerprint density at radius 3 is 2.79 bits per heavy atom. The quantitative estimate of drug-likeness (QED) is 0.782. The topological polar surface area (TPSA) is 21.1 Å². The van der Waals surface area contributed by atoms with Crippen molar-refractivity contribution in [1.29, 1.82) is 0 Å². The number of alkyl halides is 1. The van der Waals surface area contributed by atoms with E-state index in [9.17, 15) is 0 Å². The summed E-state index contributed by atoms with van der Waals surface area (Å²) in [6.07, 6.45) is 6.65. The first-order chi connectivity index (χ1) is 9.17. The summed E-state index contributed by atoms with van der Waals surface area (Å²) < 4.78 is 2.01. The Morgan fingerprint density at radius 2 is 2.11 bits per heavy atom. The second kappa shape index (κ2) is 6.65. The molecule has 0 spiro atoms. The molecule has 0 radical (unpaired) electrons. The number of anilines is 1. The number of aromatic nitrogens is 2. The zero-order chi connectivity index (χ0) is 13.8. The fourth-order valence-corrected chi connectivity index (χ4v) is 3.63. The summed E-state index contributed by atoms with van der Waals surface area (Å²) in [7, 11) is 2.03. The monoisotopic (exact) mass is 283 g/mol. The minimum atomic E-state index is 0.559. The van der Waals surface area contributed by atoms with Crippen LogP contribution >= 0.6 is 11.6 Å². The Morgan fingerprint density at radius 1 is 1.32 bits per heavy atom. The minimum absolute atomic E-state index is 0.559. The van der Waals surface area contributed by atoms with Crippen LogP contribution in [0.2, 0.25) is 0 Å². The van der Waals surface area contributed by atoms with Crippen LogP contribution in [-0.2, 0) is 12.9 Å². The molecule has 2 rings (SSSR count). The van der Waals surface area contributed by atoms with Gasteiger partial charge in [-0.2, -0.15) is 5.10 Å². The number of rotatable bonds is 4. The van der Waals surface area contributed by atoms with Crippen molar-refractivity contribution in [2.75, 3.05) is 18.0 Å². The predicted molar refractivity (Wildman–Crippen MR) is 82.0 cm³/mol. The first kappa shape index (κ1) is 14.7. The smallest absolute Gasteiger partial charge is 0.131 e. The van der Waals surface area contributed by atoms with Crippen molar-refractivity contribution < 1.29 is 0 Å². The molecular formula is C15H26ClN3. The van der Waals surface area contributed by atoms with Gasteiger partial charge in [0.25, 0.3) is 0 Å². The highest BCUT2D eigenvalue weighted by atomic mass is 35.5. The van der Waals surface area contributed by atoms with Gasteiger partial charge in [0.2, 0.25) is 0 Å². The summed E-state index contributed by atoms with van der Waals surface area (Å²) in [4.78, 5) is 2.49. The Balaban J connectivity index is 2.14. The number of halogens is 1. The van der Waals surface area contributed by atoms with E-state index in [1.165, 1.54) is 43.5 Å². The van der Waals surface area contributed by atoms with E-state index in [0.717, 1.165) is 24.7 Å². The van der Waals surface area contributed by atoms with E-state index in [1.54, 1.807) is 0 Å². The second-order valence-electron chi connectivity index (χ2n) is 5.72. The average Bonchev–Trinajstić information content (AvgIpc) is 2.55. The molecule has 19 heavy (non-hydrogen) atoms. The molecule has 0 aliphatic carbocycles. The van der Waals surface area contributed by atoms with Crippen molar-refractivity contribution in [3.05, 3.63) is 11.3 Å². The molecule has 1 saturated heterocycles. The molecule has 3 nitrogen and oxygen atoms in total. The van der Waals surface area contributed by atoms with Crippen LogP contribution in [0.25, 0.3) is 0 Å². The van der Waals surface area contributed by atoms with Gasteiger partial charge in [0, 0.05) is 25.7 Å². The molecule has 1 atom stereocenters. The third-order valence-electron chi connectivity index (χ3n) is 4.29. The van der Waals surface area contributed by atoms with Crippen molar-refractivity contribution >= 4 is 17.4 Å². The number of hydrogen-bond acceptors (Lipinski definition) is 2. The zero-order valence-corrected chi connectivity index (χ0v) is 13.2. The van der Waals surface area contributed by atoms with E-state index in [4.69, 9.17) is 11.6 Å². The molecule has 0 amide bonds. The maximum atomic E-state index is 6.11. The van der Waals surface area contributed by atoms with Crippen LogP contribution in [-0.4, -0.2) is 22.9 Å². The SMILES string of the molecule is CCCC1CCCN(c2c(CCl)c(C)nn2C)CC1. The number of nitrogens with zero attached hydrogens (tertiary/aromatic N) is 3. The van der Waals surface area contributed by atoms with Gasteiger partial charge in [-0.05, 0) is 32.1 Å². The Kier molecular flexibility index (Phi) is 5.14.